The topological polar surface area (TPSA) is 54.5 Å². The summed E-state index contributed by atoms with van der Waals surface area (Å²) in [6.07, 6.45) is 2.87. The lowest BCUT2D eigenvalue weighted by Gasteiger charge is -2.31. The van der Waals surface area contributed by atoms with Crippen LogP contribution >= 0.6 is 0 Å². The summed E-state index contributed by atoms with van der Waals surface area (Å²) in [4.78, 5) is 11.6. The predicted octanol–water partition coefficient (Wildman–Crippen LogP) is 5.90. The van der Waals surface area contributed by atoms with Crippen LogP contribution in [0, 0.1) is 0 Å². The monoisotopic (exact) mass is 444 g/mol. The van der Waals surface area contributed by atoms with E-state index in [2.05, 4.69) is 79.2 Å². The molecule has 1 aliphatic heterocycles. The maximum Gasteiger partial charge on any atom is 0.197 e. The number of pyridine rings is 1. The van der Waals surface area contributed by atoms with Crippen LogP contribution in [-0.2, 0) is 18.5 Å². The van der Waals surface area contributed by atoms with Gasteiger partial charge in [-0.25, -0.2) is 4.99 Å². The number of hydrogen-bond acceptors (Lipinski definition) is 4. The molecule has 0 fully saturated rings. The summed E-state index contributed by atoms with van der Waals surface area (Å²) in [5.41, 5.74) is 13.2. The molecule has 0 radical (unpaired) electrons. The third-order valence-electron chi connectivity index (χ3n) is 6.47. The zero-order valence-corrected chi connectivity index (χ0v) is 19.4. The van der Waals surface area contributed by atoms with Crippen molar-refractivity contribution < 1.29 is 0 Å². The SMILES string of the molecule is C=C1N(Cc2cccc(-c3ccc(CC)nc3)c2)C(N)=NC1(c1ccccc1)c1ccccc1. The third-order valence-corrected chi connectivity index (χ3v) is 6.47. The maximum atomic E-state index is 6.55. The minimum atomic E-state index is -0.746. The van der Waals surface area contributed by atoms with Crippen LogP contribution < -0.4 is 5.73 Å². The molecule has 4 aromatic rings. The van der Waals surface area contributed by atoms with Gasteiger partial charge in [-0.2, -0.15) is 0 Å². The van der Waals surface area contributed by atoms with E-state index in [0.29, 0.717) is 12.5 Å². The molecule has 0 unspecified atom stereocenters. The third kappa shape index (κ3) is 3.77. The largest absolute Gasteiger partial charge is 0.369 e. The zero-order chi connectivity index (χ0) is 23.5. The van der Waals surface area contributed by atoms with Gasteiger partial charge in [0.05, 0.1) is 12.2 Å². The van der Waals surface area contributed by atoms with Crippen molar-refractivity contribution in [1.82, 2.24) is 9.88 Å². The summed E-state index contributed by atoms with van der Waals surface area (Å²) in [6.45, 7) is 7.21. The van der Waals surface area contributed by atoms with Crippen LogP contribution in [0.5, 0.6) is 0 Å². The Balaban J connectivity index is 1.49. The van der Waals surface area contributed by atoms with Gasteiger partial charge in [0.15, 0.2) is 11.5 Å². The molecule has 34 heavy (non-hydrogen) atoms. The van der Waals surface area contributed by atoms with Gasteiger partial charge in [0.25, 0.3) is 0 Å². The van der Waals surface area contributed by atoms with E-state index in [-0.39, 0.29) is 0 Å². The molecule has 2 N–H and O–H groups in total. The molecule has 0 saturated carbocycles. The van der Waals surface area contributed by atoms with E-state index in [1.807, 2.05) is 47.5 Å². The first kappa shape index (κ1) is 21.7. The number of benzene rings is 3. The van der Waals surface area contributed by atoms with Gasteiger partial charge >= 0.3 is 0 Å². The lowest BCUT2D eigenvalue weighted by Crippen LogP contribution is -2.34. The molecule has 1 aliphatic rings. The molecule has 5 rings (SSSR count). The summed E-state index contributed by atoms with van der Waals surface area (Å²) in [6, 6.07) is 33.2. The molecule has 4 heteroatoms. The molecule has 3 aromatic carbocycles. The van der Waals surface area contributed by atoms with Crippen molar-refractivity contribution in [2.75, 3.05) is 0 Å². The zero-order valence-electron chi connectivity index (χ0n) is 19.4. The Kier molecular flexibility index (Phi) is 5.72. The van der Waals surface area contributed by atoms with E-state index in [1.165, 1.54) is 0 Å². The fourth-order valence-electron chi connectivity index (χ4n) is 4.63. The number of aryl methyl sites for hydroxylation is 1. The van der Waals surface area contributed by atoms with Gasteiger partial charge in [0.1, 0.15) is 0 Å². The van der Waals surface area contributed by atoms with Gasteiger partial charge in [0.2, 0.25) is 0 Å². The second kappa shape index (κ2) is 8.99. The lowest BCUT2D eigenvalue weighted by atomic mass is 9.81. The van der Waals surface area contributed by atoms with Crippen LogP contribution in [0.2, 0.25) is 0 Å². The van der Waals surface area contributed by atoms with Crippen molar-refractivity contribution in [3.05, 3.63) is 138 Å². The molecule has 0 spiro atoms. The van der Waals surface area contributed by atoms with Crippen molar-refractivity contribution in [3.63, 3.8) is 0 Å². The average Bonchev–Trinajstić information content (AvgIpc) is 3.15. The highest BCUT2D eigenvalue weighted by atomic mass is 15.3. The molecule has 1 aromatic heterocycles. The number of guanidine groups is 1. The molecule has 0 aliphatic carbocycles. The Labute approximate surface area is 201 Å². The summed E-state index contributed by atoms with van der Waals surface area (Å²) in [5.74, 6) is 0.470. The van der Waals surface area contributed by atoms with Crippen LogP contribution in [0.25, 0.3) is 11.1 Å². The molecular weight excluding hydrogens is 416 g/mol. The molecule has 4 nitrogen and oxygen atoms in total. The van der Waals surface area contributed by atoms with E-state index < -0.39 is 5.54 Å². The Morgan fingerprint density at radius 2 is 1.50 bits per heavy atom. The number of aromatic nitrogens is 1. The molecule has 0 atom stereocenters. The van der Waals surface area contributed by atoms with Crippen molar-refractivity contribution >= 4 is 5.96 Å². The fraction of sp³-hybridized carbons (Fsp3) is 0.133. The van der Waals surface area contributed by atoms with Crippen molar-refractivity contribution in [1.29, 1.82) is 0 Å². The second-order valence-corrected chi connectivity index (χ2v) is 8.54. The summed E-state index contributed by atoms with van der Waals surface area (Å²) < 4.78 is 0. The highest BCUT2D eigenvalue weighted by Crippen LogP contribution is 2.45. The van der Waals surface area contributed by atoms with E-state index >= 15 is 0 Å². The van der Waals surface area contributed by atoms with E-state index in [0.717, 1.165) is 45.6 Å². The van der Waals surface area contributed by atoms with Crippen molar-refractivity contribution in [3.8, 4) is 11.1 Å². The van der Waals surface area contributed by atoms with E-state index in [1.54, 1.807) is 0 Å². The van der Waals surface area contributed by atoms with Crippen LogP contribution in [0.4, 0.5) is 0 Å². The van der Waals surface area contributed by atoms with E-state index in [4.69, 9.17) is 10.7 Å². The molecule has 168 valence electrons. The first-order valence-electron chi connectivity index (χ1n) is 11.6. The quantitative estimate of drug-likeness (QED) is 0.403. The molecule has 0 bridgehead atoms. The van der Waals surface area contributed by atoms with Gasteiger partial charge in [-0.15, -0.1) is 0 Å². The Morgan fingerprint density at radius 1 is 0.824 bits per heavy atom. The Hall–Kier alpha value is -4.18. The smallest absolute Gasteiger partial charge is 0.197 e. The second-order valence-electron chi connectivity index (χ2n) is 8.54. The average molecular weight is 445 g/mol. The first-order chi connectivity index (χ1) is 16.6. The minimum absolute atomic E-state index is 0.470. The summed E-state index contributed by atoms with van der Waals surface area (Å²) in [7, 11) is 0. The Bertz CT molecular complexity index is 1290. The number of nitrogens with two attached hydrogens (primary N) is 1. The van der Waals surface area contributed by atoms with Gasteiger partial charge in [-0.1, -0.05) is 98.4 Å². The number of hydrogen-bond donors (Lipinski definition) is 1. The predicted molar refractivity (Wildman–Crippen MR) is 139 cm³/mol. The van der Waals surface area contributed by atoms with Crippen LogP contribution in [0.1, 0.15) is 29.3 Å². The highest BCUT2D eigenvalue weighted by molar-refractivity contribution is 5.85. The van der Waals surface area contributed by atoms with Gasteiger partial charge in [-0.3, -0.25) is 4.98 Å². The lowest BCUT2D eigenvalue weighted by molar-refractivity contribution is 0.466. The van der Waals surface area contributed by atoms with Gasteiger partial charge in [-0.05, 0) is 40.8 Å². The molecule has 0 saturated heterocycles. The number of aliphatic imine (C=N–C) groups is 1. The molecular formula is C30H28N4. The van der Waals surface area contributed by atoms with Gasteiger partial charge < -0.3 is 10.6 Å². The normalized spacial score (nSPS) is 14.8. The van der Waals surface area contributed by atoms with Crippen molar-refractivity contribution in [2.45, 2.75) is 25.4 Å². The fourth-order valence-corrected chi connectivity index (χ4v) is 4.63. The van der Waals surface area contributed by atoms with Gasteiger partial charge in [0, 0.05) is 17.5 Å². The highest BCUT2D eigenvalue weighted by Gasteiger charge is 2.45. The van der Waals surface area contributed by atoms with Crippen LogP contribution in [-0.4, -0.2) is 15.8 Å². The number of rotatable bonds is 6. The standard InChI is InChI=1S/C30H28N4/c1-3-28-18-17-25(20-32-28)24-12-10-11-23(19-24)21-34-22(2)30(33-29(34)31,26-13-6-4-7-14-26)27-15-8-5-9-16-27/h4-20H,2-3,21H2,1H3,(H2,31,33). The van der Waals surface area contributed by atoms with E-state index in [9.17, 15) is 0 Å². The van der Waals surface area contributed by atoms with Crippen LogP contribution in [0.15, 0.2) is 121 Å². The van der Waals surface area contributed by atoms with Crippen LogP contribution in [0.3, 0.4) is 0 Å². The minimum Gasteiger partial charge on any atom is -0.369 e. The molecule has 2 heterocycles. The molecule has 0 amide bonds. The summed E-state index contributed by atoms with van der Waals surface area (Å²) in [5, 5.41) is 0. The first-order valence-corrected chi connectivity index (χ1v) is 11.6. The van der Waals surface area contributed by atoms with Crippen molar-refractivity contribution in [2.24, 2.45) is 10.7 Å². The maximum absolute atomic E-state index is 6.55. The Morgan fingerprint density at radius 3 is 2.09 bits per heavy atom. The summed E-state index contributed by atoms with van der Waals surface area (Å²) >= 11 is 0. The number of nitrogens with zero attached hydrogens (tertiary/aromatic N) is 3.